The van der Waals surface area contributed by atoms with Crippen LogP contribution in [-0.4, -0.2) is 29.4 Å². The molecule has 1 amide bonds. The van der Waals surface area contributed by atoms with Gasteiger partial charge in [-0.15, -0.1) is 0 Å². The van der Waals surface area contributed by atoms with Gasteiger partial charge in [-0.1, -0.05) is 18.2 Å². The minimum Gasteiger partial charge on any atom is -0.458 e. The maximum atomic E-state index is 12.9. The summed E-state index contributed by atoms with van der Waals surface area (Å²) in [5.41, 5.74) is 1.04. The van der Waals surface area contributed by atoms with Gasteiger partial charge in [0.2, 0.25) is 0 Å². The van der Waals surface area contributed by atoms with Crippen molar-refractivity contribution in [1.82, 2.24) is 9.88 Å². The Morgan fingerprint density at radius 1 is 1.09 bits per heavy atom. The summed E-state index contributed by atoms with van der Waals surface area (Å²) in [6, 6.07) is 13.6. The Morgan fingerprint density at radius 2 is 1.91 bits per heavy atom. The number of amides is 1. The van der Waals surface area contributed by atoms with Crippen molar-refractivity contribution >= 4 is 11.6 Å². The number of carbonyl (C=O) groups is 1. The molecule has 1 aliphatic heterocycles. The van der Waals surface area contributed by atoms with Crippen LogP contribution in [0.4, 0.5) is 18.9 Å². The van der Waals surface area contributed by atoms with E-state index in [1.54, 1.807) is 12.3 Å². The number of anilines is 1. The predicted octanol–water partition coefficient (Wildman–Crippen LogP) is 5.67. The number of H-pyrrole nitrogens is 1. The Morgan fingerprint density at radius 3 is 2.66 bits per heavy atom. The highest BCUT2D eigenvalue weighted by atomic mass is 19.4. The molecule has 32 heavy (non-hydrogen) atoms. The van der Waals surface area contributed by atoms with Gasteiger partial charge in [-0.05, 0) is 54.1 Å². The summed E-state index contributed by atoms with van der Waals surface area (Å²) >= 11 is 0. The van der Waals surface area contributed by atoms with Crippen molar-refractivity contribution in [2.45, 2.75) is 6.18 Å². The second-order valence-corrected chi connectivity index (χ2v) is 7.33. The maximum Gasteiger partial charge on any atom is 0.416 e. The molecule has 3 aromatic rings. The summed E-state index contributed by atoms with van der Waals surface area (Å²) in [5, 5.41) is 2.49. The van der Waals surface area contributed by atoms with Crippen LogP contribution in [-0.2, 0) is 6.18 Å². The smallest absolute Gasteiger partial charge is 0.416 e. The van der Waals surface area contributed by atoms with Crippen molar-refractivity contribution < 1.29 is 22.7 Å². The fraction of sp³-hybridized carbons (Fsp3) is 0.125. The van der Waals surface area contributed by atoms with Crippen LogP contribution in [0.25, 0.3) is 11.1 Å². The van der Waals surface area contributed by atoms with Gasteiger partial charge < -0.3 is 19.9 Å². The number of aromatic nitrogens is 1. The molecule has 2 heterocycles. The highest BCUT2D eigenvalue weighted by Gasteiger charge is 2.30. The van der Waals surface area contributed by atoms with E-state index in [4.69, 9.17) is 4.74 Å². The average molecular weight is 439 g/mol. The van der Waals surface area contributed by atoms with E-state index in [1.165, 1.54) is 12.1 Å². The number of benzene rings is 2. The van der Waals surface area contributed by atoms with Crippen LogP contribution in [0.5, 0.6) is 5.75 Å². The molecule has 2 N–H and O–H groups in total. The normalized spacial score (nSPS) is 13.6. The van der Waals surface area contributed by atoms with E-state index in [1.807, 2.05) is 54.6 Å². The molecule has 164 valence electrons. The van der Waals surface area contributed by atoms with Crippen LogP contribution in [0.1, 0.15) is 16.1 Å². The standard InChI is InChI=1S/C24H20F3N3O2/c1-30-10-8-20(9-11-30)32-21-7-2-4-16(12-21)17-13-22(28-15-17)23(31)29-19-6-3-5-18(14-19)24(25,26)27/h2-10,12-15,28H,11H2,1H3,(H,29,31). The van der Waals surface area contributed by atoms with E-state index in [2.05, 4.69) is 10.3 Å². The van der Waals surface area contributed by atoms with Crippen molar-refractivity contribution in [2.24, 2.45) is 0 Å². The van der Waals surface area contributed by atoms with Gasteiger partial charge in [-0.3, -0.25) is 4.79 Å². The van der Waals surface area contributed by atoms with E-state index in [-0.39, 0.29) is 11.4 Å². The Hall–Kier alpha value is -3.94. The van der Waals surface area contributed by atoms with Crippen LogP contribution in [0, 0.1) is 0 Å². The number of likely N-dealkylation sites (N-methyl/N-ethyl adjacent to an activating group) is 1. The van der Waals surface area contributed by atoms with E-state index in [0.717, 1.165) is 35.6 Å². The molecule has 1 aliphatic rings. The molecule has 0 spiro atoms. The molecule has 5 nitrogen and oxygen atoms in total. The molecule has 0 unspecified atom stereocenters. The van der Waals surface area contributed by atoms with E-state index >= 15 is 0 Å². The molecule has 0 saturated heterocycles. The van der Waals surface area contributed by atoms with Crippen LogP contribution in [0.2, 0.25) is 0 Å². The molecule has 1 aromatic heterocycles. The predicted molar refractivity (Wildman–Crippen MR) is 116 cm³/mol. The SMILES string of the molecule is CN1C=CC(Oc2cccc(-c3c[nH]c(C(=O)Nc4cccc(C(F)(F)F)c4)c3)c2)=CC1. The largest absolute Gasteiger partial charge is 0.458 e. The van der Waals surface area contributed by atoms with Gasteiger partial charge >= 0.3 is 6.18 Å². The fourth-order valence-corrected chi connectivity index (χ4v) is 3.18. The van der Waals surface area contributed by atoms with Crippen LogP contribution >= 0.6 is 0 Å². The van der Waals surface area contributed by atoms with Gasteiger partial charge in [0.25, 0.3) is 5.91 Å². The summed E-state index contributed by atoms with van der Waals surface area (Å²) in [4.78, 5) is 17.4. The van der Waals surface area contributed by atoms with Crippen molar-refractivity contribution in [3.63, 3.8) is 0 Å². The molecule has 8 heteroatoms. The lowest BCUT2D eigenvalue weighted by Gasteiger charge is -2.17. The first kappa shape index (κ1) is 21.3. The Kier molecular flexibility index (Phi) is 5.77. The summed E-state index contributed by atoms with van der Waals surface area (Å²) in [6.45, 7) is 0.758. The molecular weight excluding hydrogens is 419 g/mol. The third-order valence-corrected chi connectivity index (χ3v) is 4.85. The van der Waals surface area contributed by atoms with Gasteiger partial charge in [0, 0.05) is 37.2 Å². The zero-order valence-electron chi connectivity index (χ0n) is 17.1. The highest BCUT2D eigenvalue weighted by molar-refractivity contribution is 6.03. The van der Waals surface area contributed by atoms with Crippen LogP contribution in [0.3, 0.4) is 0 Å². The Balaban J connectivity index is 1.47. The van der Waals surface area contributed by atoms with Crippen molar-refractivity contribution in [1.29, 1.82) is 0 Å². The third-order valence-electron chi connectivity index (χ3n) is 4.85. The van der Waals surface area contributed by atoms with Crippen molar-refractivity contribution in [3.05, 3.63) is 96.2 Å². The number of nitrogens with zero attached hydrogens (tertiary/aromatic N) is 1. The van der Waals surface area contributed by atoms with E-state index in [0.29, 0.717) is 5.75 Å². The highest BCUT2D eigenvalue weighted by Crippen LogP contribution is 2.31. The number of alkyl halides is 3. The molecular formula is C24H20F3N3O2. The van der Waals surface area contributed by atoms with Crippen LogP contribution < -0.4 is 10.1 Å². The molecule has 0 fully saturated rings. The number of halogens is 3. The number of ether oxygens (including phenoxy) is 1. The van der Waals surface area contributed by atoms with Crippen LogP contribution in [0.15, 0.2) is 84.9 Å². The number of allylic oxidation sites excluding steroid dienone is 1. The number of carbonyl (C=O) groups excluding carboxylic acids is 1. The Bertz CT molecular complexity index is 1190. The maximum absolute atomic E-state index is 12.9. The molecule has 0 aliphatic carbocycles. The van der Waals surface area contributed by atoms with Gasteiger partial charge in [-0.2, -0.15) is 13.2 Å². The summed E-state index contributed by atoms with van der Waals surface area (Å²) in [7, 11) is 1.97. The first-order valence-electron chi connectivity index (χ1n) is 9.82. The molecule has 4 rings (SSSR count). The Labute approximate surface area is 182 Å². The van der Waals surface area contributed by atoms with Gasteiger partial charge in [0.15, 0.2) is 0 Å². The first-order valence-corrected chi connectivity index (χ1v) is 9.82. The third kappa shape index (κ3) is 5.03. The first-order chi connectivity index (χ1) is 15.3. The van der Waals surface area contributed by atoms with Gasteiger partial charge in [0.1, 0.15) is 17.2 Å². The van der Waals surface area contributed by atoms with E-state index in [9.17, 15) is 18.0 Å². The number of nitrogens with one attached hydrogen (secondary N) is 2. The summed E-state index contributed by atoms with van der Waals surface area (Å²) < 4.78 is 44.5. The lowest BCUT2D eigenvalue weighted by atomic mass is 10.1. The van der Waals surface area contributed by atoms with Gasteiger partial charge in [0.05, 0.1) is 5.56 Å². The zero-order chi connectivity index (χ0) is 22.7. The fourth-order valence-electron chi connectivity index (χ4n) is 3.18. The molecule has 0 saturated carbocycles. The van der Waals surface area contributed by atoms with Gasteiger partial charge in [-0.25, -0.2) is 0 Å². The number of aromatic amines is 1. The number of hydrogen-bond donors (Lipinski definition) is 2. The average Bonchev–Trinajstić information content (AvgIpc) is 3.26. The lowest BCUT2D eigenvalue weighted by molar-refractivity contribution is -0.137. The number of rotatable bonds is 5. The molecule has 2 aromatic carbocycles. The topological polar surface area (TPSA) is 57.4 Å². The minimum atomic E-state index is -4.48. The second-order valence-electron chi connectivity index (χ2n) is 7.33. The van der Waals surface area contributed by atoms with Crippen molar-refractivity contribution in [2.75, 3.05) is 18.9 Å². The molecule has 0 atom stereocenters. The zero-order valence-corrected chi connectivity index (χ0v) is 17.1. The van der Waals surface area contributed by atoms with Crippen molar-refractivity contribution in [3.8, 4) is 16.9 Å². The summed E-state index contributed by atoms with van der Waals surface area (Å²) in [6.07, 6.45) is 2.96. The monoisotopic (exact) mass is 439 g/mol. The summed E-state index contributed by atoms with van der Waals surface area (Å²) in [5.74, 6) is 0.860. The number of hydrogen-bond acceptors (Lipinski definition) is 3. The van der Waals surface area contributed by atoms with E-state index < -0.39 is 17.6 Å². The molecule has 0 radical (unpaired) electrons. The molecule has 0 bridgehead atoms. The minimum absolute atomic E-state index is 0.0656. The second kappa shape index (κ2) is 8.66. The quantitative estimate of drug-likeness (QED) is 0.538. The lowest BCUT2D eigenvalue weighted by Crippen LogP contribution is -2.15.